The zero-order valence-corrected chi connectivity index (χ0v) is 12.5. The van der Waals surface area contributed by atoms with Gasteiger partial charge in [-0.05, 0) is 34.9 Å². The number of aryl methyl sites for hydroxylation is 1. The van der Waals surface area contributed by atoms with Crippen LogP contribution in [0.5, 0.6) is 0 Å². The summed E-state index contributed by atoms with van der Waals surface area (Å²) in [4.78, 5) is 12.1. The molecule has 0 spiro atoms. The van der Waals surface area contributed by atoms with Gasteiger partial charge in [0.25, 0.3) is 0 Å². The Morgan fingerprint density at radius 3 is 2.73 bits per heavy atom. The van der Waals surface area contributed by atoms with Crippen LogP contribution in [0.3, 0.4) is 0 Å². The molecule has 4 rings (SSSR count). The van der Waals surface area contributed by atoms with E-state index in [2.05, 4.69) is 66.8 Å². The Labute approximate surface area is 129 Å². The van der Waals surface area contributed by atoms with E-state index in [0.717, 1.165) is 5.69 Å². The van der Waals surface area contributed by atoms with E-state index in [-0.39, 0.29) is 11.8 Å². The number of carbonyl (C=O) groups is 1. The maximum atomic E-state index is 12.1. The van der Waals surface area contributed by atoms with Crippen molar-refractivity contribution in [2.75, 3.05) is 5.32 Å². The topological polar surface area (TPSA) is 29.1 Å². The maximum absolute atomic E-state index is 12.1. The lowest BCUT2D eigenvalue weighted by molar-refractivity contribution is -0.116. The second-order valence-corrected chi connectivity index (χ2v) is 5.97. The minimum atomic E-state index is 0.0919. The summed E-state index contributed by atoms with van der Waals surface area (Å²) in [7, 11) is 0. The number of hydrogen-bond donors (Lipinski definition) is 1. The van der Waals surface area contributed by atoms with E-state index < -0.39 is 0 Å². The fourth-order valence-corrected chi connectivity index (χ4v) is 3.44. The van der Waals surface area contributed by atoms with Gasteiger partial charge in [0, 0.05) is 18.0 Å². The predicted molar refractivity (Wildman–Crippen MR) is 90.2 cm³/mol. The quantitative estimate of drug-likeness (QED) is 0.695. The number of hydrogen-bond acceptors (Lipinski definition) is 1. The van der Waals surface area contributed by atoms with E-state index in [9.17, 15) is 4.79 Å². The zero-order valence-electron chi connectivity index (χ0n) is 12.5. The van der Waals surface area contributed by atoms with E-state index in [1.54, 1.807) is 0 Å². The minimum Gasteiger partial charge on any atom is -0.326 e. The first-order valence-corrected chi connectivity index (χ1v) is 7.60. The molecule has 1 unspecified atom stereocenters. The van der Waals surface area contributed by atoms with E-state index in [1.807, 2.05) is 6.07 Å². The van der Waals surface area contributed by atoms with Crippen molar-refractivity contribution >= 4 is 22.4 Å². The van der Waals surface area contributed by atoms with Crippen molar-refractivity contribution in [1.82, 2.24) is 0 Å². The summed E-state index contributed by atoms with van der Waals surface area (Å²) in [6, 6.07) is 21.0. The predicted octanol–water partition coefficient (Wildman–Crippen LogP) is 4.62. The highest BCUT2D eigenvalue weighted by molar-refractivity contribution is 6.01. The molecule has 0 radical (unpaired) electrons. The minimum absolute atomic E-state index is 0.0919. The number of anilines is 1. The summed E-state index contributed by atoms with van der Waals surface area (Å²) in [5.41, 5.74) is 4.63. The average Bonchev–Trinajstić information content (AvgIpc) is 2.53. The van der Waals surface area contributed by atoms with Gasteiger partial charge in [-0.25, -0.2) is 0 Å². The SMILES string of the molecule is Cc1cccc(C2CC(=O)Nc3ccc4ccccc4c32)c1. The molecule has 0 saturated heterocycles. The smallest absolute Gasteiger partial charge is 0.225 e. The summed E-state index contributed by atoms with van der Waals surface area (Å²) in [5.74, 6) is 0.212. The Morgan fingerprint density at radius 1 is 1.00 bits per heavy atom. The molecule has 0 saturated carbocycles. The van der Waals surface area contributed by atoms with Gasteiger partial charge >= 0.3 is 0 Å². The van der Waals surface area contributed by atoms with Crippen molar-refractivity contribution in [3.63, 3.8) is 0 Å². The molecule has 1 heterocycles. The van der Waals surface area contributed by atoms with Gasteiger partial charge in [-0.15, -0.1) is 0 Å². The second kappa shape index (κ2) is 4.99. The van der Waals surface area contributed by atoms with Crippen LogP contribution in [0, 0.1) is 6.92 Å². The van der Waals surface area contributed by atoms with Crippen LogP contribution in [-0.2, 0) is 4.79 Å². The third-order valence-electron chi connectivity index (χ3n) is 4.43. The van der Waals surface area contributed by atoms with Gasteiger partial charge in [-0.3, -0.25) is 4.79 Å². The number of amides is 1. The zero-order chi connectivity index (χ0) is 15.1. The van der Waals surface area contributed by atoms with Crippen LogP contribution >= 0.6 is 0 Å². The molecule has 0 bridgehead atoms. The summed E-state index contributed by atoms with van der Waals surface area (Å²) in [5, 5.41) is 5.47. The number of nitrogens with one attached hydrogen (secondary N) is 1. The normalized spacial score (nSPS) is 17.1. The van der Waals surface area contributed by atoms with Crippen LogP contribution in [0.25, 0.3) is 10.8 Å². The summed E-state index contributed by atoms with van der Waals surface area (Å²) in [6.45, 7) is 2.09. The number of benzene rings is 3. The van der Waals surface area contributed by atoms with Gasteiger partial charge in [0.2, 0.25) is 5.91 Å². The fraction of sp³-hybridized carbons (Fsp3) is 0.150. The Hall–Kier alpha value is -2.61. The maximum Gasteiger partial charge on any atom is 0.225 e. The highest BCUT2D eigenvalue weighted by Crippen LogP contribution is 2.41. The average molecular weight is 287 g/mol. The standard InChI is InChI=1S/C20H17NO/c1-13-5-4-7-15(11-13)17-12-19(22)21-18-10-9-14-6-2-3-8-16(14)20(17)18/h2-11,17H,12H2,1H3,(H,21,22). The van der Waals surface area contributed by atoms with Gasteiger partial charge in [-0.1, -0.05) is 60.2 Å². The van der Waals surface area contributed by atoms with E-state index in [4.69, 9.17) is 0 Å². The number of fused-ring (bicyclic) bond motifs is 3. The molecule has 3 aromatic rings. The van der Waals surface area contributed by atoms with Crippen LogP contribution in [-0.4, -0.2) is 5.91 Å². The molecule has 1 atom stereocenters. The van der Waals surface area contributed by atoms with E-state index in [0.29, 0.717) is 6.42 Å². The van der Waals surface area contributed by atoms with Gasteiger partial charge in [-0.2, -0.15) is 0 Å². The lowest BCUT2D eigenvalue weighted by atomic mass is 9.81. The molecule has 2 nitrogen and oxygen atoms in total. The Kier molecular flexibility index (Phi) is 2.97. The monoisotopic (exact) mass is 287 g/mol. The van der Waals surface area contributed by atoms with Gasteiger partial charge in [0.15, 0.2) is 0 Å². The molecular formula is C20H17NO. The summed E-state index contributed by atoms with van der Waals surface area (Å²) in [6.07, 6.45) is 0.504. The second-order valence-electron chi connectivity index (χ2n) is 5.97. The third kappa shape index (κ3) is 2.08. The highest BCUT2D eigenvalue weighted by Gasteiger charge is 2.28. The summed E-state index contributed by atoms with van der Waals surface area (Å²) < 4.78 is 0. The molecule has 2 heteroatoms. The molecule has 3 aromatic carbocycles. The van der Waals surface area contributed by atoms with Crippen LogP contribution in [0.1, 0.15) is 29.0 Å². The molecule has 1 amide bonds. The third-order valence-corrected chi connectivity index (χ3v) is 4.43. The lowest BCUT2D eigenvalue weighted by Gasteiger charge is -2.27. The van der Waals surface area contributed by atoms with Gasteiger partial charge in [0.05, 0.1) is 0 Å². The van der Waals surface area contributed by atoms with Crippen LogP contribution in [0.15, 0.2) is 60.7 Å². The van der Waals surface area contributed by atoms with Crippen molar-refractivity contribution in [2.45, 2.75) is 19.3 Å². The van der Waals surface area contributed by atoms with Crippen molar-refractivity contribution in [2.24, 2.45) is 0 Å². The molecule has 0 fully saturated rings. The van der Waals surface area contributed by atoms with Crippen LogP contribution in [0.4, 0.5) is 5.69 Å². The first-order chi connectivity index (χ1) is 10.7. The van der Waals surface area contributed by atoms with E-state index >= 15 is 0 Å². The molecular weight excluding hydrogens is 270 g/mol. The molecule has 1 aliphatic rings. The highest BCUT2D eigenvalue weighted by atomic mass is 16.1. The number of rotatable bonds is 1. The molecule has 0 aliphatic carbocycles. The van der Waals surface area contributed by atoms with Crippen molar-refractivity contribution < 1.29 is 4.79 Å². The Balaban J connectivity index is 1.99. The summed E-state index contributed by atoms with van der Waals surface area (Å²) >= 11 is 0. The molecule has 22 heavy (non-hydrogen) atoms. The van der Waals surface area contributed by atoms with E-state index in [1.165, 1.54) is 27.5 Å². The van der Waals surface area contributed by atoms with Gasteiger partial charge < -0.3 is 5.32 Å². The fourth-order valence-electron chi connectivity index (χ4n) is 3.44. The van der Waals surface area contributed by atoms with Crippen LogP contribution in [0.2, 0.25) is 0 Å². The van der Waals surface area contributed by atoms with Gasteiger partial charge in [0.1, 0.15) is 0 Å². The van der Waals surface area contributed by atoms with Crippen molar-refractivity contribution in [3.8, 4) is 0 Å². The van der Waals surface area contributed by atoms with Crippen molar-refractivity contribution in [1.29, 1.82) is 0 Å². The Morgan fingerprint density at radius 2 is 1.86 bits per heavy atom. The van der Waals surface area contributed by atoms with Crippen LogP contribution < -0.4 is 5.32 Å². The molecule has 1 aliphatic heterocycles. The Bertz CT molecular complexity index is 882. The lowest BCUT2D eigenvalue weighted by Crippen LogP contribution is -2.23. The number of carbonyl (C=O) groups excluding carboxylic acids is 1. The molecule has 1 N–H and O–H groups in total. The van der Waals surface area contributed by atoms with Crippen molar-refractivity contribution in [3.05, 3.63) is 77.4 Å². The largest absolute Gasteiger partial charge is 0.326 e. The first-order valence-electron chi connectivity index (χ1n) is 7.60. The first kappa shape index (κ1) is 13.1. The molecule has 0 aromatic heterocycles. The molecule has 108 valence electrons.